The number of nitrogens with one attached hydrogen (secondary N) is 3. The van der Waals surface area contributed by atoms with Gasteiger partial charge in [0.2, 0.25) is 5.91 Å². The Morgan fingerprint density at radius 2 is 1.74 bits per heavy atom. The Kier molecular flexibility index (Phi) is 6.78. The first-order valence-electron chi connectivity index (χ1n) is 8.17. The Labute approximate surface area is 158 Å². The lowest BCUT2D eigenvalue weighted by atomic mass is 10.2. The number of likely N-dealkylation sites (N-methyl/N-ethyl adjacent to an activating group) is 1. The third-order valence-electron chi connectivity index (χ3n) is 3.53. The van der Waals surface area contributed by atoms with E-state index in [4.69, 9.17) is 4.74 Å². The molecule has 0 aliphatic heterocycles. The lowest BCUT2D eigenvalue weighted by molar-refractivity contribution is -0.120. The molecular weight excluding hydrogens is 370 g/mol. The minimum atomic E-state index is -3.88. The molecule has 2 aromatic rings. The van der Waals surface area contributed by atoms with Crippen molar-refractivity contribution in [3.8, 4) is 5.75 Å². The van der Waals surface area contributed by atoms with E-state index in [-0.39, 0.29) is 22.9 Å². The SMILES string of the molecule is CCNC(=O)CNC(=O)c1cccc(S(=O)(=O)Nc2ccc(OC)cc2)c1. The molecule has 3 N–H and O–H groups in total. The van der Waals surface area contributed by atoms with Gasteiger partial charge in [-0.25, -0.2) is 8.42 Å². The molecule has 0 aliphatic rings. The smallest absolute Gasteiger partial charge is 0.261 e. The van der Waals surface area contributed by atoms with Crippen LogP contribution in [0.15, 0.2) is 53.4 Å². The molecule has 9 heteroatoms. The largest absolute Gasteiger partial charge is 0.497 e. The highest BCUT2D eigenvalue weighted by Gasteiger charge is 2.17. The van der Waals surface area contributed by atoms with E-state index in [1.165, 1.54) is 31.4 Å². The van der Waals surface area contributed by atoms with E-state index < -0.39 is 15.9 Å². The van der Waals surface area contributed by atoms with Crippen LogP contribution in [0.2, 0.25) is 0 Å². The van der Waals surface area contributed by atoms with Gasteiger partial charge in [0.15, 0.2) is 0 Å². The number of amides is 2. The number of carbonyl (C=O) groups excluding carboxylic acids is 2. The molecular formula is C18H21N3O5S. The zero-order chi connectivity index (χ0) is 19.9. The third kappa shape index (κ3) is 5.71. The maximum Gasteiger partial charge on any atom is 0.261 e. The molecule has 0 saturated heterocycles. The number of anilines is 1. The van der Waals surface area contributed by atoms with Crippen molar-refractivity contribution < 1.29 is 22.7 Å². The van der Waals surface area contributed by atoms with Crippen LogP contribution in [0.3, 0.4) is 0 Å². The molecule has 0 aliphatic carbocycles. The van der Waals surface area contributed by atoms with Crippen LogP contribution in [0.25, 0.3) is 0 Å². The summed E-state index contributed by atoms with van der Waals surface area (Å²) in [5, 5.41) is 5.00. The fourth-order valence-electron chi connectivity index (χ4n) is 2.20. The lowest BCUT2D eigenvalue weighted by Crippen LogP contribution is -2.36. The van der Waals surface area contributed by atoms with E-state index in [9.17, 15) is 18.0 Å². The Hall–Kier alpha value is -3.07. The van der Waals surface area contributed by atoms with Crippen molar-refractivity contribution in [1.29, 1.82) is 0 Å². The normalized spacial score (nSPS) is 10.7. The number of methoxy groups -OCH3 is 1. The van der Waals surface area contributed by atoms with Gasteiger partial charge < -0.3 is 15.4 Å². The molecule has 0 radical (unpaired) electrons. The van der Waals surface area contributed by atoms with Gasteiger partial charge in [0.1, 0.15) is 5.75 Å². The molecule has 0 atom stereocenters. The number of rotatable bonds is 8. The van der Waals surface area contributed by atoms with Crippen LogP contribution in [-0.2, 0) is 14.8 Å². The van der Waals surface area contributed by atoms with Crippen molar-refractivity contribution in [2.45, 2.75) is 11.8 Å². The second-order valence-electron chi connectivity index (χ2n) is 5.50. The van der Waals surface area contributed by atoms with E-state index in [0.717, 1.165) is 0 Å². The monoisotopic (exact) mass is 391 g/mol. The minimum absolute atomic E-state index is 0.0658. The van der Waals surface area contributed by atoms with Crippen LogP contribution in [-0.4, -0.2) is 40.4 Å². The molecule has 0 heterocycles. The molecule has 144 valence electrons. The van der Waals surface area contributed by atoms with Gasteiger partial charge in [0.25, 0.3) is 15.9 Å². The van der Waals surface area contributed by atoms with Crippen molar-refractivity contribution in [2.24, 2.45) is 0 Å². The zero-order valence-electron chi connectivity index (χ0n) is 15.0. The molecule has 2 rings (SSSR count). The van der Waals surface area contributed by atoms with Gasteiger partial charge in [-0.2, -0.15) is 0 Å². The van der Waals surface area contributed by atoms with E-state index in [1.54, 1.807) is 31.2 Å². The summed E-state index contributed by atoms with van der Waals surface area (Å²) in [5.74, 6) is -0.262. The molecule has 0 aromatic heterocycles. The topological polar surface area (TPSA) is 114 Å². The van der Waals surface area contributed by atoms with Gasteiger partial charge >= 0.3 is 0 Å². The van der Waals surface area contributed by atoms with E-state index in [2.05, 4.69) is 15.4 Å². The van der Waals surface area contributed by atoms with Crippen LogP contribution in [0, 0.1) is 0 Å². The molecule has 0 saturated carbocycles. The Bertz CT molecular complexity index is 911. The number of benzene rings is 2. The van der Waals surface area contributed by atoms with Gasteiger partial charge in [-0.05, 0) is 49.4 Å². The summed E-state index contributed by atoms with van der Waals surface area (Å²) in [6.07, 6.45) is 0. The number of ether oxygens (including phenoxy) is 1. The summed E-state index contributed by atoms with van der Waals surface area (Å²) in [7, 11) is -2.36. The quantitative estimate of drug-likeness (QED) is 0.629. The van der Waals surface area contributed by atoms with E-state index in [0.29, 0.717) is 18.0 Å². The molecule has 0 spiro atoms. The highest BCUT2D eigenvalue weighted by Crippen LogP contribution is 2.20. The molecule has 2 aromatic carbocycles. The van der Waals surface area contributed by atoms with Crippen LogP contribution in [0.4, 0.5) is 5.69 Å². The Morgan fingerprint density at radius 3 is 2.37 bits per heavy atom. The van der Waals surface area contributed by atoms with Gasteiger partial charge in [-0.15, -0.1) is 0 Å². The van der Waals surface area contributed by atoms with Crippen molar-refractivity contribution in [1.82, 2.24) is 10.6 Å². The standard InChI is InChI=1S/C18H21N3O5S/c1-3-19-17(22)12-20-18(23)13-5-4-6-16(11-13)27(24,25)21-14-7-9-15(26-2)10-8-14/h4-11,21H,3,12H2,1-2H3,(H,19,22)(H,20,23). The molecule has 27 heavy (non-hydrogen) atoms. The molecule has 2 amide bonds. The maximum atomic E-state index is 12.5. The minimum Gasteiger partial charge on any atom is -0.497 e. The van der Waals surface area contributed by atoms with Crippen molar-refractivity contribution >= 4 is 27.5 Å². The molecule has 0 unspecified atom stereocenters. The molecule has 0 bridgehead atoms. The summed E-state index contributed by atoms with van der Waals surface area (Å²) in [5.41, 5.74) is 0.499. The summed E-state index contributed by atoms with van der Waals surface area (Å²) in [6.45, 7) is 2.04. The van der Waals surface area contributed by atoms with Gasteiger partial charge in [0.05, 0.1) is 18.6 Å². The van der Waals surface area contributed by atoms with Gasteiger partial charge in [0, 0.05) is 17.8 Å². The second-order valence-corrected chi connectivity index (χ2v) is 7.18. The Morgan fingerprint density at radius 1 is 1.04 bits per heavy atom. The fourth-order valence-corrected chi connectivity index (χ4v) is 3.30. The van der Waals surface area contributed by atoms with Gasteiger partial charge in [-0.3, -0.25) is 14.3 Å². The number of carbonyl (C=O) groups is 2. The molecule has 8 nitrogen and oxygen atoms in total. The van der Waals surface area contributed by atoms with E-state index >= 15 is 0 Å². The first-order chi connectivity index (χ1) is 12.9. The average molecular weight is 391 g/mol. The predicted octanol–water partition coefficient (Wildman–Crippen LogP) is 1.36. The number of sulfonamides is 1. The third-order valence-corrected chi connectivity index (χ3v) is 4.91. The molecule has 0 fully saturated rings. The van der Waals surface area contributed by atoms with E-state index in [1.807, 2.05) is 0 Å². The van der Waals surface area contributed by atoms with Crippen LogP contribution >= 0.6 is 0 Å². The first-order valence-corrected chi connectivity index (χ1v) is 9.66. The highest BCUT2D eigenvalue weighted by atomic mass is 32.2. The van der Waals surface area contributed by atoms with Crippen LogP contribution in [0.5, 0.6) is 5.75 Å². The van der Waals surface area contributed by atoms with Crippen LogP contribution < -0.4 is 20.1 Å². The predicted molar refractivity (Wildman–Crippen MR) is 101 cm³/mol. The lowest BCUT2D eigenvalue weighted by Gasteiger charge is -2.10. The average Bonchev–Trinajstić information content (AvgIpc) is 2.67. The van der Waals surface area contributed by atoms with Crippen LogP contribution in [0.1, 0.15) is 17.3 Å². The summed E-state index contributed by atoms with van der Waals surface area (Å²) in [4.78, 5) is 23.5. The maximum absolute atomic E-state index is 12.5. The summed E-state index contributed by atoms with van der Waals surface area (Å²) >= 11 is 0. The number of hydrogen-bond donors (Lipinski definition) is 3. The zero-order valence-corrected chi connectivity index (χ0v) is 15.8. The highest BCUT2D eigenvalue weighted by molar-refractivity contribution is 7.92. The first kappa shape index (κ1) is 20.2. The second kappa shape index (κ2) is 9.04. The van der Waals surface area contributed by atoms with Gasteiger partial charge in [-0.1, -0.05) is 6.07 Å². The summed E-state index contributed by atoms with van der Waals surface area (Å²) < 4.78 is 32.6. The fraction of sp³-hybridized carbons (Fsp3) is 0.222. The van der Waals surface area contributed by atoms with Crippen molar-refractivity contribution in [2.75, 3.05) is 24.9 Å². The van der Waals surface area contributed by atoms with Crippen molar-refractivity contribution in [3.63, 3.8) is 0 Å². The number of hydrogen-bond acceptors (Lipinski definition) is 5. The Balaban J connectivity index is 2.12. The van der Waals surface area contributed by atoms with Crippen molar-refractivity contribution in [3.05, 3.63) is 54.1 Å². The summed E-state index contributed by atoms with van der Waals surface area (Å²) in [6, 6.07) is 12.0.